The van der Waals surface area contributed by atoms with Crippen LogP contribution < -0.4 is 5.73 Å². The molecule has 0 aliphatic rings. The quantitative estimate of drug-likeness (QED) is 0.833. The smallest absolute Gasteiger partial charge is 0.396 e. The van der Waals surface area contributed by atoms with Crippen LogP contribution in [-0.2, 0) is 12.6 Å². The molecule has 0 spiro atoms. The molecule has 5 heteroatoms. The van der Waals surface area contributed by atoms with Gasteiger partial charge in [-0.05, 0) is 30.5 Å². The van der Waals surface area contributed by atoms with Crippen LogP contribution in [0.5, 0.6) is 0 Å². The van der Waals surface area contributed by atoms with Crippen molar-refractivity contribution in [2.75, 3.05) is 13.2 Å². The van der Waals surface area contributed by atoms with E-state index in [0.717, 1.165) is 12.1 Å². The van der Waals surface area contributed by atoms with Crippen molar-refractivity contribution >= 4 is 0 Å². The maximum atomic E-state index is 12.4. The molecule has 1 unspecified atom stereocenters. The summed E-state index contributed by atoms with van der Waals surface area (Å²) in [6.45, 7) is 0.138. The standard InChI is InChI=1S/C11H14F3NO/c12-11(13,14)10-3-1-2-8(5-10)4-9(6-15)7-16/h1-3,5,9,16H,4,6-7,15H2. The fourth-order valence-corrected chi connectivity index (χ4v) is 1.43. The van der Waals surface area contributed by atoms with Crippen LogP contribution in [0.15, 0.2) is 24.3 Å². The van der Waals surface area contributed by atoms with Gasteiger partial charge < -0.3 is 10.8 Å². The third-order valence-electron chi connectivity index (χ3n) is 2.37. The molecule has 0 aromatic heterocycles. The summed E-state index contributed by atoms with van der Waals surface area (Å²) in [6, 6.07) is 5.09. The van der Waals surface area contributed by atoms with Crippen molar-refractivity contribution in [1.82, 2.24) is 0 Å². The molecule has 0 radical (unpaired) electrons. The van der Waals surface area contributed by atoms with Gasteiger partial charge in [-0.25, -0.2) is 0 Å². The molecular weight excluding hydrogens is 219 g/mol. The average Bonchev–Trinajstić information content (AvgIpc) is 2.25. The lowest BCUT2D eigenvalue weighted by Gasteiger charge is -2.13. The first-order chi connectivity index (χ1) is 7.47. The van der Waals surface area contributed by atoms with E-state index in [9.17, 15) is 13.2 Å². The molecule has 1 rings (SSSR count). The summed E-state index contributed by atoms with van der Waals surface area (Å²) in [5.41, 5.74) is 5.25. The number of rotatable bonds is 4. The first-order valence-electron chi connectivity index (χ1n) is 4.94. The predicted octanol–water partition coefficient (Wildman–Crippen LogP) is 1.82. The van der Waals surface area contributed by atoms with Crippen LogP contribution in [0.4, 0.5) is 13.2 Å². The minimum Gasteiger partial charge on any atom is -0.396 e. The topological polar surface area (TPSA) is 46.2 Å². The molecule has 90 valence electrons. The van der Waals surface area contributed by atoms with Crippen LogP contribution in [0.25, 0.3) is 0 Å². The lowest BCUT2D eigenvalue weighted by molar-refractivity contribution is -0.137. The largest absolute Gasteiger partial charge is 0.416 e. The number of hydrogen-bond donors (Lipinski definition) is 2. The van der Waals surface area contributed by atoms with Gasteiger partial charge in [0.15, 0.2) is 0 Å². The van der Waals surface area contributed by atoms with Gasteiger partial charge in [0.05, 0.1) is 5.56 Å². The van der Waals surface area contributed by atoms with E-state index in [2.05, 4.69) is 0 Å². The molecule has 0 saturated heterocycles. The Morgan fingerprint density at radius 1 is 1.31 bits per heavy atom. The summed E-state index contributed by atoms with van der Waals surface area (Å²) in [5.74, 6) is -0.191. The van der Waals surface area contributed by atoms with Gasteiger partial charge in [0.2, 0.25) is 0 Å². The van der Waals surface area contributed by atoms with Crippen molar-refractivity contribution in [3.8, 4) is 0 Å². The second-order valence-electron chi connectivity index (χ2n) is 3.69. The van der Waals surface area contributed by atoms with Crippen LogP contribution >= 0.6 is 0 Å². The van der Waals surface area contributed by atoms with Crippen LogP contribution in [0.1, 0.15) is 11.1 Å². The van der Waals surface area contributed by atoms with Crippen LogP contribution in [0.2, 0.25) is 0 Å². The second kappa shape index (κ2) is 5.32. The van der Waals surface area contributed by atoms with Crippen LogP contribution in [0.3, 0.4) is 0 Å². The lowest BCUT2D eigenvalue weighted by Crippen LogP contribution is -2.20. The molecule has 1 aromatic carbocycles. The van der Waals surface area contributed by atoms with E-state index < -0.39 is 11.7 Å². The van der Waals surface area contributed by atoms with E-state index in [1.165, 1.54) is 6.07 Å². The number of aliphatic hydroxyl groups is 1. The first kappa shape index (κ1) is 13.0. The molecule has 16 heavy (non-hydrogen) atoms. The molecule has 2 nitrogen and oxygen atoms in total. The van der Waals surface area contributed by atoms with E-state index in [-0.39, 0.29) is 19.1 Å². The Morgan fingerprint density at radius 2 is 2.00 bits per heavy atom. The fraction of sp³-hybridized carbons (Fsp3) is 0.455. The summed E-state index contributed by atoms with van der Waals surface area (Å²) in [6.07, 6.45) is -3.97. The van der Waals surface area contributed by atoms with Crippen LogP contribution in [0, 0.1) is 5.92 Å². The zero-order valence-corrected chi connectivity index (χ0v) is 8.67. The molecular formula is C11H14F3NO. The lowest BCUT2D eigenvalue weighted by atomic mass is 9.98. The Kier molecular flexibility index (Phi) is 4.32. The highest BCUT2D eigenvalue weighted by Crippen LogP contribution is 2.29. The predicted molar refractivity (Wildman–Crippen MR) is 54.8 cm³/mol. The summed E-state index contributed by atoms with van der Waals surface area (Å²) in [4.78, 5) is 0. The van der Waals surface area contributed by atoms with Gasteiger partial charge in [-0.15, -0.1) is 0 Å². The highest BCUT2D eigenvalue weighted by atomic mass is 19.4. The van der Waals surface area contributed by atoms with Crippen molar-refractivity contribution in [3.63, 3.8) is 0 Å². The van der Waals surface area contributed by atoms with Gasteiger partial charge in [-0.3, -0.25) is 0 Å². The molecule has 1 aromatic rings. The molecule has 0 bridgehead atoms. The van der Waals surface area contributed by atoms with Crippen molar-refractivity contribution in [2.45, 2.75) is 12.6 Å². The SMILES string of the molecule is NCC(CO)Cc1cccc(C(F)(F)F)c1. The third-order valence-corrected chi connectivity index (χ3v) is 2.37. The summed E-state index contributed by atoms with van der Waals surface area (Å²) < 4.78 is 37.2. The minimum atomic E-state index is -4.33. The molecule has 0 aliphatic heterocycles. The fourth-order valence-electron chi connectivity index (χ4n) is 1.43. The summed E-state index contributed by atoms with van der Waals surface area (Å²) >= 11 is 0. The number of benzene rings is 1. The second-order valence-corrected chi connectivity index (χ2v) is 3.69. The van der Waals surface area contributed by atoms with Crippen molar-refractivity contribution in [2.24, 2.45) is 11.7 Å². The van der Waals surface area contributed by atoms with Crippen molar-refractivity contribution in [3.05, 3.63) is 35.4 Å². The average molecular weight is 233 g/mol. The number of aliphatic hydroxyl groups excluding tert-OH is 1. The highest BCUT2D eigenvalue weighted by molar-refractivity contribution is 5.26. The van der Waals surface area contributed by atoms with Crippen molar-refractivity contribution < 1.29 is 18.3 Å². The molecule has 0 aliphatic carbocycles. The molecule has 0 fully saturated rings. The van der Waals surface area contributed by atoms with E-state index in [1.54, 1.807) is 6.07 Å². The van der Waals surface area contributed by atoms with Gasteiger partial charge in [0.1, 0.15) is 0 Å². The van der Waals surface area contributed by atoms with E-state index in [4.69, 9.17) is 10.8 Å². The summed E-state index contributed by atoms with van der Waals surface area (Å²) in [5, 5.41) is 8.91. The van der Waals surface area contributed by atoms with Gasteiger partial charge in [0.25, 0.3) is 0 Å². The van der Waals surface area contributed by atoms with Crippen molar-refractivity contribution in [1.29, 1.82) is 0 Å². The molecule has 1 atom stereocenters. The van der Waals surface area contributed by atoms with Gasteiger partial charge in [0, 0.05) is 6.61 Å². The Balaban J connectivity index is 2.82. The first-order valence-corrected chi connectivity index (χ1v) is 4.94. The Hall–Kier alpha value is -1.07. The van der Waals surface area contributed by atoms with E-state index in [0.29, 0.717) is 12.0 Å². The number of nitrogens with two attached hydrogens (primary N) is 1. The third kappa shape index (κ3) is 3.50. The minimum absolute atomic E-state index is 0.118. The Morgan fingerprint density at radius 3 is 2.50 bits per heavy atom. The highest BCUT2D eigenvalue weighted by Gasteiger charge is 2.30. The number of halogens is 3. The van der Waals surface area contributed by atoms with Gasteiger partial charge in [-0.1, -0.05) is 18.2 Å². The maximum Gasteiger partial charge on any atom is 0.416 e. The normalized spacial score (nSPS) is 13.8. The van der Waals surface area contributed by atoms with E-state index in [1.807, 2.05) is 0 Å². The van der Waals surface area contributed by atoms with E-state index >= 15 is 0 Å². The number of alkyl halides is 3. The van der Waals surface area contributed by atoms with Gasteiger partial charge >= 0.3 is 6.18 Å². The Labute approximate surface area is 91.9 Å². The molecule has 0 amide bonds. The molecule has 3 N–H and O–H groups in total. The Bertz CT molecular complexity index is 334. The molecule has 0 saturated carbocycles. The monoisotopic (exact) mass is 233 g/mol. The zero-order chi connectivity index (χ0) is 12.2. The van der Waals surface area contributed by atoms with Crippen LogP contribution in [-0.4, -0.2) is 18.3 Å². The van der Waals surface area contributed by atoms with Gasteiger partial charge in [-0.2, -0.15) is 13.2 Å². The number of hydrogen-bond acceptors (Lipinski definition) is 2. The summed E-state index contributed by atoms with van der Waals surface area (Å²) in [7, 11) is 0. The zero-order valence-electron chi connectivity index (χ0n) is 8.67. The molecule has 0 heterocycles. The maximum absolute atomic E-state index is 12.4.